The Balaban J connectivity index is 1.91. The van der Waals surface area contributed by atoms with Gasteiger partial charge in [-0.05, 0) is 44.2 Å². The minimum absolute atomic E-state index is 0.0172. The first kappa shape index (κ1) is 13.4. The van der Waals surface area contributed by atoms with Gasteiger partial charge in [0.05, 0.1) is 6.10 Å². The van der Waals surface area contributed by atoms with E-state index in [1.807, 2.05) is 62.4 Å². The van der Waals surface area contributed by atoms with Crippen LogP contribution in [0.25, 0.3) is 10.9 Å². The van der Waals surface area contributed by atoms with E-state index in [9.17, 15) is 4.79 Å². The molecule has 0 saturated carbocycles. The molecule has 0 fully saturated rings. The SMILES string of the molecule is CC(C)Oc1ccc(C(=O)c2c[nH]c3ccccc23)cc1. The van der Waals surface area contributed by atoms with Crippen molar-refractivity contribution in [1.29, 1.82) is 0 Å². The topological polar surface area (TPSA) is 42.1 Å². The summed E-state index contributed by atoms with van der Waals surface area (Å²) in [7, 11) is 0. The average molecular weight is 279 g/mol. The minimum Gasteiger partial charge on any atom is -0.491 e. The highest BCUT2D eigenvalue weighted by molar-refractivity contribution is 6.16. The number of para-hydroxylation sites is 1. The first-order chi connectivity index (χ1) is 10.1. The van der Waals surface area contributed by atoms with Crippen LogP contribution in [0.15, 0.2) is 54.7 Å². The molecule has 0 unspecified atom stereocenters. The average Bonchev–Trinajstić information content (AvgIpc) is 2.90. The lowest BCUT2D eigenvalue weighted by Gasteiger charge is -2.09. The van der Waals surface area contributed by atoms with Gasteiger partial charge in [-0.3, -0.25) is 4.79 Å². The van der Waals surface area contributed by atoms with E-state index in [2.05, 4.69) is 4.98 Å². The van der Waals surface area contributed by atoms with E-state index in [0.29, 0.717) is 11.1 Å². The van der Waals surface area contributed by atoms with Gasteiger partial charge in [0.2, 0.25) is 0 Å². The van der Waals surface area contributed by atoms with E-state index in [1.165, 1.54) is 0 Å². The second kappa shape index (κ2) is 5.44. The molecule has 3 heteroatoms. The van der Waals surface area contributed by atoms with Crippen molar-refractivity contribution in [2.75, 3.05) is 0 Å². The van der Waals surface area contributed by atoms with Crippen LogP contribution < -0.4 is 4.74 Å². The van der Waals surface area contributed by atoms with Crippen molar-refractivity contribution < 1.29 is 9.53 Å². The molecule has 3 rings (SSSR count). The third-order valence-electron chi connectivity index (χ3n) is 3.32. The van der Waals surface area contributed by atoms with E-state index >= 15 is 0 Å². The van der Waals surface area contributed by atoms with Gasteiger partial charge in [-0.15, -0.1) is 0 Å². The molecule has 2 aromatic carbocycles. The van der Waals surface area contributed by atoms with E-state index in [1.54, 1.807) is 6.20 Å². The zero-order chi connectivity index (χ0) is 14.8. The Kier molecular flexibility index (Phi) is 3.48. The Hall–Kier alpha value is -2.55. The summed E-state index contributed by atoms with van der Waals surface area (Å²) in [5, 5.41) is 0.949. The first-order valence-corrected chi connectivity index (χ1v) is 7.02. The van der Waals surface area contributed by atoms with Gasteiger partial charge in [0.25, 0.3) is 0 Å². The number of benzene rings is 2. The minimum atomic E-state index is 0.0172. The lowest BCUT2D eigenvalue weighted by molar-refractivity contribution is 0.104. The number of rotatable bonds is 4. The number of carbonyl (C=O) groups is 1. The van der Waals surface area contributed by atoms with Gasteiger partial charge in [-0.1, -0.05) is 18.2 Å². The number of carbonyl (C=O) groups excluding carboxylic acids is 1. The first-order valence-electron chi connectivity index (χ1n) is 7.02. The van der Waals surface area contributed by atoms with Gasteiger partial charge < -0.3 is 9.72 Å². The summed E-state index contributed by atoms with van der Waals surface area (Å²) in [4.78, 5) is 15.7. The van der Waals surface area contributed by atoms with Crippen molar-refractivity contribution in [3.05, 3.63) is 65.9 Å². The Labute approximate surface area is 123 Å². The fourth-order valence-corrected chi connectivity index (χ4v) is 2.37. The summed E-state index contributed by atoms with van der Waals surface area (Å²) in [6.07, 6.45) is 1.89. The number of hydrogen-bond donors (Lipinski definition) is 1. The molecule has 1 heterocycles. The third kappa shape index (κ3) is 2.68. The molecule has 106 valence electrons. The molecule has 0 bridgehead atoms. The number of ketones is 1. The molecular formula is C18H17NO2. The largest absolute Gasteiger partial charge is 0.491 e. The van der Waals surface area contributed by atoms with Gasteiger partial charge in [0, 0.05) is 28.2 Å². The lowest BCUT2D eigenvalue weighted by Crippen LogP contribution is -2.06. The predicted octanol–water partition coefficient (Wildman–Crippen LogP) is 4.19. The van der Waals surface area contributed by atoms with Gasteiger partial charge in [-0.2, -0.15) is 0 Å². The molecular weight excluding hydrogens is 262 g/mol. The monoisotopic (exact) mass is 279 g/mol. The zero-order valence-corrected chi connectivity index (χ0v) is 12.1. The van der Waals surface area contributed by atoms with Crippen LogP contribution in [0.1, 0.15) is 29.8 Å². The highest BCUT2D eigenvalue weighted by Crippen LogP contribution is 2.22. The Morgan fingerprint density at radius 1 is 1.05 bits per heavy atom. The quantitative estimate of drug-likeness (QED) is 0.728. The summed E-state index contributed by atoms with van der Waals surface area (Å²) in [6.45, 7) is 3.95. The number of H-pyrrole nitrogens is 1. The standard InChI is InChI=1S/C18H17NO2/c1-12(2)21-14-9-7-13(8-10-14)18(20)16-11-19-17-6-4-3-5-15(16)17/h3-12,19H,1-2H3. The number of fused-ring (bicyclic) bond motifs is 1. The smallest absolute Gasteiger partial charge is 0.195 e. The summed E-state index contributed by atoms with van der Waals surface area (Å²) in [5.74, 6) is 0.795. The van der Waals surface area contributed by atoms with E-state index < -0.39 is 0 Å². The van der Waals surface area contributed by atoms with Crippen LogP contribution in [-0.2, 0) is 0 Å². The van der Waals surface area contributed by atoms with Crippen LogP contribution in [-0.4, -0.2) is 16.9 Å². The molecule has 3 nitrogen and oxygen atoms in total. The van der Waals surface area contributed by atoms with Crippen LogP contribution in [0.2, 0.25) is 0 Å². The number of aromatic nitrogens is 1. The normalized spacial score (nSPS) is 11.0. The van der Waals surface area contributed by atoms with Gasteiger partial charge in [-0.25, -0.2) is 0 Å². The fourth-order valence-electron chi connectivity index (χ4n) is 2.37. The predicted molar refractivity (Wildman–Crippen MR) is 83.9 cm³/mol. The van der Waals surface area contributed by atoms with Crippen LogP contribution >= 0.6 is 0 Å². The third-order valence-corrected chi connectivity index (χ3v) is 3.32. The number of ether oxygens (including phenoxy) is 1. The van der Waals surface area contributed by atoms with Crippen molar-refractivity contribution in [2.24, 2.45) is 0 Å². The van der Waals surface area contributed by atoms with Gasteiger partial charge >= 0.3 is 0 Å². The second-order valence-corrected chi connectivity index (χ2v) is 5.27. The molecule has 0 aliphatic rings. The summed E-state index contributed by atoms with van der Waals surface area (Å²) < 4.78 is 5.59. The lowest BCUT2D eigenvalue weighted by atomic mass is 10.0. The summed E-state index contributed by atoms with van der Waals surface area (Å²) in [6, 6.07) is 15.1. The molecule has 3 aromatic rings. The number of nitrogens with one attached hydrogen (secondary N) is 1. The van der Waals surface area contributed by atoms with E-state index in [0.717, 1.165) is 16.7 Å². The van der Waals surface area contributed by atoms with Crippen molar-refractivity contribution in [2.45, 2.75) is 20.0 Å². The molecule has 1 aromatic heterocycles. The highest BCUT2D eigenvalue weighted by atomic mass is 16.5. The fraction of sp³-hybridized carbons (Fsp3) is 0.167. The molecule has 1 N–H and O–H groups in total. The Bertz CT molecular complexity index is 769. The maximum atomic E-state index is 12.6. The summed E-state index contributed by atoms with van der Waals surface area (Å²) in [5.41, 5.74) is 2.33. The van der Waals surface area contributed by atoms with Crippen molar-refractivity contribution >= 4 is 16.7 Å². The van der Waals surface area contributed by atoms with Crippen molar-refractivity contribution in [3.63, 3.8) is 0 Å². The molecule has 0 aliphatic heterocycles. The van der Waals surface area contributed by atoms with Crippen LogP contribution in [0, 0.1) is 0 Å². The zero-order valence-electron chi connectivity index (χ0n) is 12.1. The summed E-state index contributed by atoms with van der Waals surface area (Å²) >= 11 is 0. The molecule has 0 amide bonds. The van der Waals surface area contributed by atoms with Crippen LogP contribution in [0.4, 0.5) is 0 Å². The van der Waals surface area contributed by atoms with Crippen molar-refractivity contribution in [1.82, 2.24) is 4.98 Å². The highest BCUT2D eigenvalue weighted by Gasteiger charge is 2.13. The molecule has 0 saturated heterocycles. The maximum Gasteiger partial charge on any atom is 0.195 e. The second-order valence-electron chi connectivity index (χ2n) is 5.27. The Morgan fingerprint density at radius 3 is 2.48 bits per heavy atom. The molecule has 0 aliphatic carbocycles. The van der Waals surface area contributed by atoms with Gasteiger partial charge in [0.15, 0.2) is 5.78 Å². The van der Waals surface area contributed by atoms with E-state index in [4.69, 9.17) is 4.74 Å². The number of hydrogen-bond acceptors (Lipinski definition) is 2. The molecule has 0 radical (unpaired) electrons. The maximum absolute atomic E-state index is 12.6. The van der Waals surface area contributed by atoms with E-state index in [-0.39, 0.29) is 11.9 Å². The van der Waals surface area contributed by atoms with Crippen LogP contribution in [0.5, 0.6) is 5.75 Å². The number of aromatic amines is 1. The Morgan fingerprint density at radius 2 is 1.76 bits per heavy atom. The van der Waals surface area contributed by atoms with Gasteiger partial charge in [0.1, 0.15) is 5.75 Å². The molecule has 0 atom stereocenters. The molecule has 21 heavy (non-hydrogen) atoms. The van der Waals surface area contributed by atoms with Crippen LogP contribution in [0.3, 0.4) is 0 Å². The van der Waals surface area contributed by atoms with Crippen molar-refractivity contribution in [3.8, 4) is 5.75 Å². The molecule has 0 spiro atoms.